The summed E-state index contributed by atoms with van der Waals surface area (Å²) >= 11 is 0. The van der Waals surface area contributed by atoms with Crippen LogP contribution >= 0.6 is 0 Å². The highest BCUT2D eigenvalue weighted by molar-refractivity contribution is 5.84. The Balaban J connectivity index is 1.73. The number of rotatable bonds is 3. The third-order valence-corrected chi connectivity index (χ3v) is 4.85. The number of carbonyl (C=O) groups is 2. The molecule has 2 aliphatic heterocycles. The van der Waals surface area contributed by atoms with Crippen LogP contribution in [-0.4, -0.2) is 61.0 Å². The predicted molar refractivity (Wildman–Crippen MR) is 86.9 cm³/mol. The van der Waals surface area contributed by atoms with E-state index in [4.69, 9.17) is 4.74 Å². The van der Waals surface area contributed by atoms with Crippen molar-refractivity contribution in [2.45, 2.75) is 31.9 Å². The number of likely N-dealkylation sites (tertiary alicyclic amines) is 1. The quantitative estimate of drug-likeness (QED) is 0.843. The van der Waals surface area contributed by atoms with Gasteiger partial charge < -0.3 is 14.5 Å². The first kappa shape index (κ1) is 16.0. The highest BCUT2D eigenvalue weighted by atomic mass is 16.5. The average molecular weight is 316 g/mol. The van der Waals surface area contributed by atoms with Gasteiger partial charge in [0.1, 0.15) is 0 Å². The molecule has 1 aromatic rings. The van der Waals surface area contributed by atoms with Crippen LogP contribution in [0.3, 0.4) is 0 Å². The van der Waals surface area contributed by atoms with Crippen molar-refractivity contribution in [2.24, 2.45) is 5.92 Å². The number of fused-ring (bicyclic) bond motifs is 1. The second-order valence-electron chi connectivity index (χ2n) is 6.74. The van der Waals surface area contributed by atoms with Crippen LogP contribution in [-0.2, 0) is 20.7 Å². The zero-order valence-corrected chi connectivity index (χ0v) is 14.0. The van der Waals surface area contributed by atoms with Gasteiger partial charge in [0, 0.05) is 27.2 Å². The predicted octanol–water partition coefficient (Wildman–Crippen LogP) is 1.24. The van der Waals surface area contributed by atoms with Crippen molar-refractivity contribution >= 4 is 11.8 Å². The molecule has 23 heavy (non-hydrogen) atoms. The molecule has 0 N–H and O–H groups in total. The lowest BCUT2D eigenvalue weighted by molar-refractivity contribution is -0.135. The van der Waals surface area contributed by atoms with Gasteiger partial charge in [0.2, 0.25) is 11.8 Å². The fourth-order valence-corrected chi connectivity index (χ4v) is 3.59. The molecule has 2 amide bonds. The molecule has 0 radical (unpaired) electrons. The summed E-state index contributed by atoms with van der Waals surface area (Å²) in [6, 6.07) is 8.07. The van der Waals surface area contributed by atoms with E-state index in [2.05, 4.69) is 0 Å². The summed E-state index contributed by atoms with van der Waals surface area (Å²) in [6.45, 7) is 3.13. The summed E-state index contributed by atoms with van der Waals surface area (Å²) in [4.78, 5) is 28.5. The van der Waals surface area contributed by atoms with Crippen molar-refractivity contribution in [3.05, 3.63) is 35.4 Å². The molecule has 2 fully saturated rings. The highest BCUT2D eigenvalue weighted by Crippen LogP contribution is 2.34. The van der Waals surface area contributed by atoms with Gasteiger partial charge in [-0.3, -0.25) is 9.59 Å². The van der Waals surface area contributed by atoms with E-state index in [9.17, 15) is 9.59 Å². The normalized spacial score (nSPS) is 26.2. The topological polar surface area (TPSA) is 49.9 Å². The van der Waals surface area contributed by atoms with Crippen LogP contribution in [0.4, 0.5) is 0 Å². The first-order valence-electron chi connectivity index (χ1n) is 8.15. The Bertz CT molecular complexity index is 597. The fourth-order valence-electron chi connectivity index (χ4n) is 3.59. The minimum Gasteiger partial charge on any atom is -0.375 e. The standard InChI is InChI=1S/C18H24N2O3/c1-12-4-6-13(7-5-12)10-16(21)20-11-14(18(22)19(2)3)17-15(20)8-9-23-17/h4-7,14-15,17H,8-11H2,1-3H3/t14-,15+,17-/m0/s1. The summed E-state index contributed by atoms with van der Waals surface area (Å²) in [6.07, 6.45) is 1.06. The SMILES string of the molecule is Cc1ccc(CC(=O)N2C[C@H](C(=O)N(C)C)[C@@H]3OCC[C@H]32)cc1. The molecule has 5 heteroatoms. The second-order valence-corrected chi connectivity index (χ2v) is 6.74. The van der Waals surface area contributed by atoms with Gasteiger partial charge in [-0.25, -0.2) is 0 Å². The molecule has 2 aliphatic rings. The zero-order chi connectivity index (χ0) is 16.6. The highest BCUT2D eigenvalue weighted by Gasteiger charge is 2.50. The molecule has 0 unspecified atom stereocenters. The van der Waals surface area contributed by atoms with Crippen LogP contribution in [0, 0.1) is 12.8 Å². The molecule has 0 aromatic heterocycles. The summed E-state index contributed by atoms with van der Waals surface area (Å²) < 4.78 is 5.77. The molecule has 2 heterocycles. The summed E-state index contributed by atoms with van der Waals surface area (Å²) in [7, 11) is 3.51. The number of benzene rings is 1. The molecule has 2 saturated heterocycles. The number of aryl methyl sites for hydroxylation is 1. The van der Waals surface area contributed by atoms with Gasteiger partial charge in [-0.1, -0.05) is 29.8 Å². The van der Waals surface area contributed by atoms with E-state index < -0.39 is 0 Å². The van der Waals surface area contributed by atoms with Crippen molar-refractivity contribution in [1.29, 1.82) is 0 Å². The van der Waals surface area contributed by atoms with E-state index in [1.807, 2.05) is 36.1 Å². The molecule has 1 aromatic carbocycles. The molecule has 0 aliphatic carbocycles. The maximum Gasteiger partial charge on any atom is 0.229 e. The van der Waals surface area contributed by atoms with Crippen molar-refractivity contribution in [3.63, 3.8) is 0 Å². The van der Waals surface area contributed by atoms with Crippen LogP contribution in [0.15, 0.2) is 24.3 Å². The molecule has 0 saturated carbocycles. The lowest BCUT2D eigenvalue weighted by Gasteiger charge is -2.22. The van der Waals surface area contributed by atoms with Gasteiger partial charge in [-0.05, 0) is 18.9 Å². The fraction of sp³-hybridized carbons (Fsp3) is 0.556. The van der Waals surface area contributed by atoms with Gasteiger partial charge in [-0.15, -0.1) is 0 Å². The van der Waals surface area contributed by atoms with Gasteiger partial charge in [0.25, 0.3) is 0 Å². The third-order valence-electron chi connectivity index (χ3n) is 4.85. The Morgan fingerprint density at radius 3 is 2.61 bits per heavy atom. The number of carbonyl (C=O) groups excluding carboxylic acids is 2. The van der Waals surface area contributed by atoms with E-state index >= 15 is 0 Å². The van der Waals surface area contributed by atoms with E-state index in [1.165, 1.54) is 5.56 Å². The molecule has 3 atom stereocenters. The van der Waals surface area contributed by atoms with E-state index in [-0.39, 0.29) is 29.9 Å². The number of amides is 2. The second kappa shape index (κ2) is 6.32. The van der Waals surface area contributed by atoms with Crippen LogP contribution in [0.2, 0.25) is 0 Å². The molecular weight excluding hydrogens is 292 g/mol. The van der Waals surface area contributed by atoms with Crippen LogP contribution in [0.1, 0.15) is 17.5 Å². The van der Waals surface area contributed by atoms with E-state index in [0.717, 1.165) is 12.0 Å². The minimum absolute atomic E-state index is 0.0434. The van der Waals surface area contributed by atoms with Crippen molar-refractivity contribution in [2.75, 3.05) is 27.2 Å². The number of hydrogen-bond donors (Lipinski definition) is 0. The molecule has 0 bridgehead atoms. The first-order valence-corrected chi connectivity index (χ1v) is 8.15. The van der Waals surface area contributed by atoms with Crippen molar-refractivity contribution < 1.29 is 14.3 Å². The maximum atomic E-state index is 12.7. The Kier molecular flexibility index (Phi) is 4.39. The molecule has 3 rings (SSSR count). The lowest BCUT2D eigenvalue weighted by Crippen LogP contribution is -2.38. The van der Waals surface area contributed by atoms with Crippen molar-refractivity contribution in [1.82, 2.24) is 9.80 Å². The smallest absolute Gasteiger partial charge is 0.229 e. The molecule has 5 nitrogen and oxygen atoms in total. The Morgan fingerprint density at radius 2 is 1.96 bits per heavy atom. The largest absolute Gasteiger partial charge is 0.375 e. The summed E-state index contributed by atoms with van der Waals surface area (Å²) in [5, 5.41) is 0. The van der Waals surface area contributed by atoms with E-state index in [1.54, 1.807) is 19.0 Å². The molecular formula is C18H24N2O3. The first-order chi connectivity index (χ1) is 11.0. The van der Waals surface area contributed by atoms with Crippen LogP contribution in [0.5, 0.6) is 0 Å². The van der Waals surface area contributed by atoms with Crippen LogP contribution < -0.4 is 0 Å². The Labute approximate surface area is 137 Å². The summed E-state index contributed by atoms with van der Waals surface area (Å²) in [5.74, 6) is -0.101. The number of ether oxygens (including phenoxy) is 1. The minimum atomic E-state index is -0.237. The number of hydrogen-bond acceptors (Lipinski definition) is 3. The number of nitrogens with zero attached hydrogens (tertiary/aromatic N) is 2. The average Bonchev–Trinajstić information content (AvgIpc) is 3.10. The zero-order valence-electron chi connectivity index (χ0n) is 14.0. The Morgan fingerprint density at radius 1 is 1.26 bits per heavy atom. The Hall–Kier alpha value is -1.88. The van der Waals surface area contributed by atoms with Gasteiger partial charge in [0.05, 0.1) is 24.5 Å². The third kappa shape index (κ3) is 3.11. The monoisotopic (exact) mass is 316 g/mol. The molecule has 0 spiro atoms. The van der Waals surface area contributed by atoms with E-state index in [0.29, 0.717) is 19.6 Å². The van der Waals surface area contributed by atoms with Crippen LogP contribution in [0.25, 0.3) is 0 Å². The van der Waals surface area contributed by atoms with Gasteiger partial charge in [-0.2, -0.15) is 0 Å². The van der Waals surface area contributed by atoms with Gasteiger partial charge in [0.15, 0.2) is 0 Å². The lowest BCUT2D eigenvalue weighted by atomic mass is 10.0. The van der Waals surface area contributed by atoms with Gasteiger partial charge >= 0.3 is 0 Å². The summed E-state index contributed by atoms with van der Waals surface area (Å²) in [5.41, 5.74) is 2.20. The van der Waals surface area contributed by atoms with Crippen molar-refractivity contribution in [3.8, 4) is 0 Å². The maximum absolute atomic E-state index is 12.7. The molecule has 124 valence electrons.